The smallest absolute Gasteiger partial charge is 0.165 e. The largest absolute Gasteiger partial charge is 0.497 e. The number of hydrogen-bond acceptors (Lipinski definition) is 4. The fourth-order valence-corrected chi connectivity index (χ4v) is 2.73. The number of imidazole rings is 1. The SMILES string of the molecule is COc1ccc(Cc2nc3cccnc3n2-c2ccccn2)cc1. The van der Waals surface area contributed by atoms with Crippen LogP contribution in [0.5, 0.6) is 5.75 Å². The number of benzene rings is 1. The van der Waals surface area contributed by atoms with Crippen LogP contribution in [0.2, 0.25) is 0 Å². The monoisotopic (exact) mass is 316 g/mol. The maximum atomic E-state index is 5.22. The number of ether oxygens (including phenoxy) is 1. The molecule has 0 amide bonds. The van der Waals surface area contributed by atoms with Crippen LogP contribution in [0, 0.1) is 0 Å². The molecule has 0 atom stereocenters. The third-order valence-corrected chi connectivity index (χ3v) is 3.89. The molecule has 0 radical (unpaired) electrons. The van der Waals surface area contributed by atoms with E-state index in [0.29, 0.717) is 6.42 Å². The Kier molecular flexibility index (Phi) is 3.67. The third kappa shape index (κ3) is 2.60. The van der Waals surface area contributed by atoms with Gasteiger partial charge in [0.15, 0.2) is 5.65 Å². The van der Waals surface area contributed by atoms with Gasteiger partial charge in [0.2, 0.25) is 0 Å². The van der Waals surface area contributed by atoms with E-state index < -0.39 is 0 Å². The molecule has 3 aromatic heterocycles. The van der Waals surface area contributed by atoms with E-state index in [1.54, 1.807) is 19.5 Å². The van der Waals surface area contributed by atoms with Gasteiger partial charge in [-0.05, 0) is 42.0 Å². The van der Waals surface area contributed by atoms with E-state index in [-0.39, 0.29) is 0 Å². The highest BCUT2D eigenvalue weighted by Crippen LogP contribution is 2.21. The molecule has 0 aliphatic rings. The Labute approximate surface area is 139 Å². The van der Waals surface area contributed by atoms with Crippen LogP contribution in [0.15, 0.2) is 67.0 Å². The van der Waals surface area contributed by atoms with E-state index in [4.69, 9.17) is 9.72 Å². The number of pyridine rings is 2. The van der Waals surface area contributed by atoms with Gasteiger partial charge >= 0.3 is 0 Å². The van der Waals surface area contributed by atoms with Crippen molar-refractivity contribution in [1.29, 1.82) is 0 Å². The molecule has 0 saturated carbocycles. The Morgan fingerprint density at radius 3 is 2.50 bits per heavy atom. The normalized spacial score (nSPS) is 10.9. The Balaban J connectivity index is 1.82. The molecule has 0 bridgehead atoms. The van der Waals surface area contributed by atoms with E-state index in [2.05, 4.69) is 9.97 Å². The van der Waals surface area contributed by atoms with Gasteiger partial charge in [0.1, 0.15) is 22.9 Å². The van der Waals surface area contributed by atoms with Gasteiger partial charge < -0.3 is 4.74 Å². The highest BCUT2D eigenvalue weighted by Gasteiger charge is 2.14. The minimum Gasteiger partial charge on any atom is -0.497 e. The van der Waals surface area contributed by atoms with Gasteiger partial charge in [-0.3, -0.25) is 4.57 Å². The molecule has 0 N–H and O–H groups in total. The second-order valence-electron chi connectivity index (χ2n) is 5.42. The molecule has 4 rings (SSSR count). The summed E-state index contributed by atoms with van der Waals surface area (Å²) >= 11 is 0. The molecule has 0 saturated heterocycles. The molecule has 24 heavy (non-hydrogen) atoms. The molecular weight excluding hydrogens is 300 g/mol. The van der Waals surface area contributed by atoms with Crippen molar-refractivity contribution >= 4 is 11.2 Å². The van der Waals surface area contributed by atoms with Gasteiger partial charge in [-0.2, -0.15) is 0 Å². The summed E-state index contributed by atoms with van der Waals surface area (Å²) in [5.41, 5.74) is 2.84. The molecule has 3 heterocycles. The number of methoxy groups -OCH3 is 1. The predicted octanol–water partition coefficient (Wildman–Crippen LogP) is 3.41. The lowest BCUT2D eigenvalue weighted by Gasteiger charge is -2.08. The summed E-state index contributed by atoms with van der Waals surface area (Å²) in [6.07, 6.45) is 4.25. The molecule has 0 spiro atoms. The number of hydrogen-bond donors (Lipinski definition) is 0. The lowest BCUT2D eigenvalue weighted by atomic mass is 10.1. The summed E-state index contributed by atoms with van der Waals surface area (Å²) in [5, 5.41) is 0. The molecular formula is C19H16N4O. The summed E-state index contributed by atoms with van der Waals surface area (Å²) in [6, 6.07) is 17.7. The maximum Gasteiger partial charge on any atom is 0.165 e. The Hall–Kier alpha value is -3.21. The van der Waals surface area contributed by atoms with Crippen LogP contribution < -0.4 is 4.74 Å². The molecule has 0 fully saturated rings. The number of aromatic nitrogens is 4. The molecule has 5 heteroatoms. The van der Waals surface area contributed by atoms with Crippen molar-refractivity contribution < 1.29 is 4.74 Å². The summed E-state index contributed by atoms with van der Waals surface area (Å²) in [7, 11) is 1.67. The Morgan fingerprint density at radius 1 is 0.917 bits per heavy atom. The van der Waals surface area contributed by atoms with Gasteiger partial charge in [0.25, 0.3) is 0 Å². The molecule has 0 aliphatic carbocycles. The third-order valence-electron chi connectivity index (χ3n) is 3.89. The number of rotatable bonds is 4. The van der Waals surface area contributed by atoms with Crippen LogP contribution in [0.25, 0.3) is 17.0 Å². The average Bonchev–Trinajstić information content (AvgIpc) is 3.01. The van der Waals surface area contributed by atoms with Crippen molar-refractivity contribution in [2.45, 2.75) is 6.42 Å². The Morgan fingerprint density at radius 2 is 1.75 bits per heavy atom. The quantitative estimate of drug-likeness (QED) is 0.579. The summed E-state index contributed by atoms with van der Waals surface area (Å²) in [6.45, 7) is 0. The van der Waals surface area contributed by atoms with E-state index in [9.17, 15) is 0 Å². The summed E-state index contributed by atoms with van der Waals surface area (Å²) < 4.78 is 7.23. The van der Waals surface area contributed by atoms with E-state index >= 15 is 0 Å². The first-order valence-electron chi connectivity index (χ1n) is 7.72. The van der Waals surface area contributed by atoms with Crippen LogP contribution >= 0.6 is 0 Å². The van der Waals surface area contributed by atoms with Gasteiger partial charge in [-0.15, -0.1) is 0 Å². The minimum absolute atomic E-state index is 0.691. The summed E-state index contributed by atoms with van der Waals surface area (Å²) in [4.78, 5) is 13.7. The zero-order valence-electron chi connectivity index (χ0n) is 13.3. The summed E-state index contributed by atoms with van der Waals surface area (Å²) in [5.74, 6) is 2.58. The number of fused-ring (bicyclic) bond motifs is 1. The van der Waals surface area contributed by atoms with Crippen molar-refractivity contribution in [2.75, 3.05) is 7.11 Å². The van der Waals surface area contributed by atoms with Gasteiger partial charge in [0.05, 0.1) is 7.11 Å². The second kappa shape index (κ2) is 6.12. The van der Waals surface area contributed by atoms with Crippen LogP contribution in [0.1, 0.15) is 11.4 Å². The van der Waals surface area contributed by atoms with E-state index in [0.717, 1.165) is 34.1 Å². The standard InChI is InChI=1S/C19H16N4O/c1-24-15-9-7-14(8-10-15)13-18-22-16-5-4-12-21-19(16)23(18)17-6-2-3-11-20-17/h2-12H,13H2,1H3. The lowest BCUT2D eigenvalue weighted by Crippen LogP contribution is -2.04. The van der Waals surface area contributed by atoms with Crippen molar-refractivity contribution in [1.82, 2.24) is 19.5 Å². The molecule has 0 aliphatic heterocycles. The predicted molar refractivity (Wildman–Crippen MR) is 92.5 cm³/mol. The zero-order valence-corrected chi connectivity index (χ0v) is 13.3. The van der Waals surface area contributed by atoms with Crippen LogP contribution in [0.3, 0.4) is 0 Å². The van der Waals surface area contributed by atoms with Gasteiger partial charge in [-0.25, -0.2) is 15.0 Å². The van der Waals surface area contributed by atoms with Gasteiger partial charge in [-0.1, -0.05) is 18.2 Å². The molecule has 5 nitrogen and oxygen atoms in total. The highest BCUT2D eigenvalue weighted by molar-refractivity contribution is 5.73. The second-order valence-corrected chi connectivity index (χ2v) is 5.42. The molecule has 118 valence electrons. The van der Waals surface area contributed by atoms with Crippen molar-refractivity contribution in [3.63, 3.8) is 0 Å². The van der Waals surface area contributed by atoms with Crippen LogP contribution in [-0.2, 0) is 6.42 Å². The topological polar surface area (TPSA) is 52.8 Å². The highest BCUT2D eigenvalue weighted by atomic mass is 16.5. The van der Waals surface area contributed by atoms with Gasteiger partial charge in [0, 0.05) is 18.8 Å². The first-order chi connectivity index (χ1) is 11.8. The van der Waals surface area contributed by atoms with E-state index in [1.165, 1.54) is 0 Å². The Bertz CT molecular complexity index is 962. The fraction of sp³-hybridized carbons (Fsp3) is 0.105. The van der Waals surface area contributed by atoms with Crippen molar-refractivity contribution in [3.05, 3.63) is 78.4 Å². The first-order valence-corrected chi connectivity index (χ1v) is 7.72. The van der Waals surface area contributed by atoms with E-state index in [1.807, 2.05) is 59.2 Å². The minimum atomic E-state index is 0.691. The van der Waals surface area contributed by atoms with Crippen LogP contribution in [-0.4, -0.2) is 26.6 Å². The van der Waals surface area contributed by atoms with Crippen molar-refractivity contribution in [2.24, 2.45) is 0 Å². The first kappa shape index (κ1) is 14.4. The van der Waals surface area contributed by atoms with Crippen LogP contribution in [0.4, 0.5) is 0 Å². The molecule has 1 aromatic carbocycles. The fourth-order valence-electron chi connectivity index (χ4n) is 2.73. The average molecular weight is 316 g/mol. The number of nitrogens with zero attached hydrogens (tertiary/aromatic N) is 4. The maximum absolute atomic E-state index is 5.22. The van der Waals surface area contributed by atoms with Crippen molar-refractivity contribution in [3.8, 4) is 11.6 Å². The molecule has 4 aromatic rings. The molecule has 0 unspecified atom stereocenters. The lowest BCUT2D eigenvalue weighted by molar-refractivity contribution is 0.414. The zero-order chi connectivity index (χ0) is 16.4.